The van der Waals surface area contributed by atoms with Crippen molar-refractivity contribution in [1.82, 2.24) is 9.88 Å². The molecule has 1 aromatic carbocycles. The SMILES string of the molecule is O=C(OCc1ccccc1)N1CCCC[C@@H]1c1ccc(N2CCCC2)nc1. The number of likely N-dealkylation sites (tertiary alicyclic amines) is 1. The molecule has 0 unspecified atom stereocenters. The summed E-state index contributed by atoms with van der Waals surface area (Å²) in [5.41, 5.74) is 2.12. The van der Waals surface area contributed by atoms with Gasteiger partial charge in [-0.2, -0.15) is 0 Å². The van der Waals surface area contributed by atoms with Crippen LogP contribution < -0.4 is 4.90 Å². The molecule has 142 valence electrons. The molecule has 5 heteroatoms. The molecule has 1 atom stereocenters. The van der Waals surface area contributed by atoms with Crippen LogP contribution in [0.25, 0.3) is 0 Å². The van der Waals surface area contributed by atoms with Gasteiger partial charge in [0.05, 0.1) is 6.04 Å². The lowest BCUT2D eigenvalue weighted by Crippen LogP contribution is -2.38. The van der Waals surface area contributed by atoms with Crippen molar-refractivity contribution in [3.63, 3.8) is 0 Å². The van der Waals surface area contributed by atoms with E-state index in [-0.39, 0.29) is 12.1 Å². The maximum atomic E-state index is 12.7. The zero-order valence-electron chi connectivity index (χ0n) is 15.7. The molecule has 0 radical (unpaired) electrons. The van der Waals surface area contributed by atoms with Crippen molar-refractivity contribution in [2.24, 2.45) is 0 Å². The number of rotatable bonds is 4. The summed E-state index contributed by atoms with van der Waals surface area (Å²) in [5, 5.41) is 0. The maximum absolute atomic E-state index is 12.7. The zero-order valence-corrected chi connectivity index (χ0v) is 15.7. The van der Waals surface area contributed by atoms with Crippen molar-refractivity contribution in [3.05, 3.63) is 59.8 Å². The lowest BCUT2D eigenvalue weighted by molar-refractivity contribution is 0.0678. The Bertz CT molecular complexity index is 742. The molecular formula is C22H27N3O2. The van der Waals surface area contributed by atoms with E-state index in [2.05, 4.69) is 22.0 Å². The Hall–Kier alpha value is -2.56. The van der Waals surface area contributed by atoms with Gasteiger partial charge >= 0.3 is 6.09 Å². The highest BCUT2D eigenvalue weighted by molar-refractivity contribution is 5.68. The van der Waals surface area contributed by atoms with Crippen LogP contribution in [-0.4, -0.2) is 35.6 Å². The number of piperidine rings is 1. The van der Waals surface area contributed by atoms with Crippen molar-refractivity contribution in [3.8, 4) is 0 Å². The molecule has 4 rings (SSSR count). The van der Waals surface area contributed by atoms with Crippen molar-refractivity contribution in [2.45, 2.75) is 44.8 Å². The van der Waals surface area contributed by atoms with E-state index in [1.165, 1.54) is 12.8 Å². The van der Waals surface area contributed by atoms with Crippen molar-refractivity contribution in [2.75, 3.05) is 24.5 Å². The van der Waals surface area contributed by atoms with E-state index in [1.807, 2.05) is 41.4 Å². The molecule has 1 aromatic heterocycles. The van der Waals surface area contributed by atoms with Gasteiger partial charge in [-0.15, -0.1) is 0 Å². The van der Waals surface area contributed by atoms with Gasteiger partial charge in [0.1, 0.15) is 12.4 Å². The number of ether oxygens (including phenoxy) is 1. The quantitative estimate of drug-likeness (QED) is 0.798. The van der Waals surface area contributed by atoms with Crippen LogP contribution in [0, 0.1) is 0 Å². The molecule has 0 spiro atoms. The molecule has 2 aliphatic rings. The molecule has 2 saturated heterocycles. The Labute approximate surface area is 161 Å². The van der Waals surface area contributed by atoms with Gasteiger partial charge in [0.15, 0.2) is 0 Å². The number of hydrogen-bond donors (Lipinski definition) is 0. The molecule has 0 N–H and O–H groups in total. The highest BCUT2D eigenvalue weighted by Crippen LogP contribution is 2.32. The van der Waals surface area contributed by atoms with E-state index in [0.717, 1.165) is 55.8 Å². The molecule has 1 amide bonds. The highest BCUT2D eigenvalue weighted by atomic mass is 16.6. The molecule has 0 bridgehead atoms. The molecule has 27 heavy (non-hydrogen) atoms. The number of carbonyl (C=O) groups excluding carboxylic acids is 1. The van der Waals surface area contributed by atoms with E-state index in [0.29, 0.717) is 6.61 Å². The average molecular weight is 365 g/mol. The van der Waals surface area contributed by atoms with E-state index in [4.69, 9.17) is 4.74 Å². The monoisotopic (exact) mass is 365 g/mol. The number of benzene rings is 1. The molecule has 5 nitrogen and oxygen atoms in total. The molecule has 0 aliphatic carbocycles. The van der Waals surface area contributed by atoms with Crippen LogP contribution in [0.3, 0.4) is 0 Å². The molecule has 3 heterocycles. The van der Waals surface area contributed by atoms with Crippen LogP contribution in [0.2, 0.25) is 0 Å². The second-order valence-corrected chi connectivity index (χ2v) is 7.39. The number of anilines is 1. The minimum Gasteiger partial charge on any atom is -0.445 e. The van der Waals surface area contributed by atoms with Gasteiger partial charge in [0, 0.05) is 25.8 Å². The van der Waals surface area contributed by atoms with E-state index in [9.17, 15) is 4.79 Å². The lowest BCUT2D eigenvalue weighted by Gasteiger charge is -2.35. The van der Waals surface area contributed by atoms with Gasteiger partial charge in [-0.3, -0.25) is 0 Å². The largest absolute Gasteiger partial charge is 0.445 e. The minimum absolute atomic E-state index is 0.0575. The highest BCUT2D eigenvalue weighted by Gasteiger charge is 2.29. The summed E-state index contributed by atoms with van der Waals surface area (Å²) in [6, 6.07) is 14.1. The summed E-state index contributed by atoms with van der Waals surface area (Å²) in [4.78, 5) is 21.6. The van der Waals surface area contributed by atoms with Crippen molar-refractivity contribution in [1.29, 1.82) is 0 Å². The smallest absolute Gasteiger partial charge is 0.410 e. The Morgan fingerprint density at radius 1 is 1.00 bits per heavy atom. The predicted molar refractivity (Wildman–Crippen MR) is 106 cm³/mol. The first-order chi connectivity index (χ1) is 13.3. The number of pyridine rings is 1. The fraction of sp³-hybridized carbons (Fsp3) is 0.455. The van der Waals surface area contributed by atoms with Crippen LogP contribution >= 0.6 is 0 Å². The summed E-state index contributed by atoms with van der Waals surface area (Å²) >= 11 is 0. The number of aromatic nitrogens is 1. The first-order valence-corrected chi connectivity index (χ1v) is 9.99. The van der Waals surface area contributed by atoms with E-state index < -0.39 is 0 Å². The Kier molecular flexibility index (Phi) is 5.56. The van der Waals surface area contributed by atoms with Gasteiger partial charge in [0.25, 0.3) is 0 Å². The van der Waals surface area contributed by atoms with Gasteiger partial charge in [0.2, 0.25) is 0 Å². The Morgan fingerprint density at radius 3 is 2.52 bits per heavy atom. The molecule has 2 aromatic rings. The maximum Gasteiger partial charge on any atom is 0.410 e. The number of hydrogen-bond acceptors (Lipinski definition) is 4. The fourth-order valence-electron chi connectivity index (χ4n) is 4.03. The number of nitrogens with zero attached hydrogens (tertiary/aromatic N) is 3. The number of amides is 1. The van der Waals surface area contributed by atoms with Gasteiger partial charge in [-0.1, -0.05) is 36.4 Å². The van der Waals surface area contributed by atoms with E-state index in [1.54, 1.807) is 0 Å². The second kappa shape index (κ2) is 8.42. The minimum atomic E-state index is -0.229. The Morgan fingerprint density at radius 2 is 1.78 bits per heavy atom. The standard InChI is InChI=1S/C22H27N3O2/c26-22(27-17-18-8-2-1-3-9-18)25-15-5-4-10-20(25)19-11-12-21(23-16-19)24-13-6-7-14-24/h1-3,8-9,11-12,16,20H,4-7,10,13-15,17H2/t20-/m1/s1. The Balaban J connectivity index is 1.42. The topological polar surface area (TPSA) is 45.7 Å². The summed E-state index contributed by atoms with van der Waals surface area (Å²) in [6.45, 7) is 3.24. The normalized spacial score (nSPS) is 19.9. The summed E-state index contributed by atoms with van der Waals surface area (Å²) < 4.78 is 5.58. The third-order valence-electron chi connectivity index (χ3n) is 5.53. The first-order valence-electron chi connectivity index (χ1n) is 9.99. The summed E-state index contributed by atoms with van der Waals surface area (Å²) in [5.74, 6) is 1.05. The van der Waals surface area contributed by atoms with Crippen LogP contribution in [-0.2, 0) is 11.3 Å². The van der Waals surface area contributed by atoms with Crippen LogP contribution in [0.15, 0.2) is 48.7 Å². The van der Waals surface area contributed by atoms with Crippen LogP contribution in [0.1, 0.15) is 49.3 Å². The average Bonchev–Trinajstić information content (AvgIpc) is 3.28. The van der Waals surface area contributed by atoms with E-state index >= 15 is 0 Å². The van der Waals surface area contributed by atoms with Gasteiger partial charge < -0.3 is 14.5 Å². The fourth-order valence-corrected chi connectivity index (χ4v) is 4.03. The zero-order chi connectivity index (χ0) is 18.5. The van der Waals surface area contributed by atoms with Crippen molar-refractivity contribution >= 4 is 11.9 Å². The third kappa shape index (κ3) is 4.24. The molecular weight excluding hydrogens is 338 g/mol. The van der Waals surface area contributed by atoms with Gasteiger partial charge in [-0.05, 0) is 49.3 Å². The third-order valence-corrected chi connectivity index (χ3v) is 5.53. The summed E-state index contributed by atoms with van der Waals surface area (Å²) in [7, 11) is 0. The van der Waals surface area contributed by atoms with Gasteiger partial charge in [-0.25, -0.2) is 9.78 Å². The predicted octanol–water partition coefficient (Wildman–Crippen LogP) is 4.55. The summed E-state index contributed by atoms with van der Waals surface area (Å²) in [6.07, 6.45) is 7.32. The van der Waals surface area contributed by atoms with Crippen LogP contribution in [0.4, 0.5) is 10.6 Å². The van der Waals surface area contributed by atoms with Crippen LogP contribution in [0.5, 0.6) is 0 Å². The molecule has 2 aliphatic heterocycles. The number of carbonyl (C=O) groups is 1. The molecule has 0 saturated carbocycles. The van der Waals surface area contributed by atoms with Crippen molar-refractivity contribution < 1.29 is 9.53 Å². The second-order valence-electron chi connectivity index (χ2n) is 7.39. The lowest BCUT2D eigenvalue weighted by atomic mass is 9.97. The first kappa shape index (κ1) is 17.8. The molecule has 2 fully saturated rings.